The van der Waals surface area contributed by atoms with E-state index in [1.165, 1.54) is 19.2 Å². The van der Waals surface area contributed by atoms with Gasteiger partial charge in [-0.1, -0.05) is 12.1 Å². The Labute approximate surface area is 203 Å². The highest BCUT2D eigenvalue weighted by Gasteiger charge is 2.47. The molecule has 0 amide bonds. The van der Waals surface area contributed by atoms with Gasteiger partial charge < -0.3 is 9.47 Å². The number of esters is 1. The molecule has 0 spiro atoms. The molecule has 0 aromatic heterocycles. The molecule has 2 heterocycles. The van der Waals surface area contributed by atoms with Gasteiger partial charge in [0.1, 0.15) is 5.82 Å². The van der Waals surface area contributed by atoms with Gasteiger partial charge in [-0.25, -0.2) is 4.39 Å². The lowest BCUT2D eigenvalue weighted by molar-refractivity contribution is -0.147. The Hall–Kier alpha value is -2.66. The van der Waals surface area contributed by atoms with Crippen LogP contribution in [-0.4, -0.2) is 43.2 Å². The quantitative estimate of drug-likeness (QED) is 0.370. The van der Waals surface area contributed by atoms with Gasteiger partial charge in [-0.3, -0.25) is 9.69 Å². The van der Waals surface area contributed by atoms with Crippen LogP contribution in [0.5, 0.6) is 0 Å². The lowest BCUT2D eigenvalue weighted by atomic mass is 9.82. The predicted molar refractivity (Wildman–Crippen MR) is 114 cm³/mol. The maximum absolute atomic E-state index is 13.6. The summed E-state index contributed by atoms with van der Waals surface area (Å²) in [5.41, 5.74) is -2.36. The van der Waals surface area contributed by atoms with Crippen LogP contribution in [0.1, 0.15) is 41.0 Å². The van der Waals surface area contributed by atoms with Gasteiger partial charge >= 0.3 is 18.3 Å². The molecule has 0 aliphatic carbocycles. The van der Waals surface area contributed by atoms with Crippen molar-refractivity contribution >= 4 is 5.97 Å². The lowest BCUT2D eigenvalue weighted by Crippen LogP contribution is -2.42. The maximum atomic E-state index is 13.6. The van der Waals surface area contributed by atoms with E-state index in [0.717, 1.165) is 0 Å². The number of piperidine rings is 1. The monoisotopic (exact) mass is 519 g/mol. The van der Waals surface area contributed by atoms with E-state index in [0.29, 0.717) is 43.6 Å². The molecule has 0 N–H and O–H groups in total. The normalized spacial score (nSPS) is 25.0. The zero-order valence-electron chi connectivity index (χ0n) is 19.2. The molecule has 36 heavy (non-hydrogen) atoms. The van der Waals surface area contributed by atoms with Gasteiger partial charge in [-0.05, 0) is 60.8 Å². The molecule has 2 aliphatic rings. The summed E-state index contributed by atoms with van der Waals surface area (Å²) in [6.45, 7) is 0.436. The summed E-state index contributed by atoms with van der Waals surface area (Å²) >= 11 is 0. The van der Waals surface area contributed by atoms with Crippen LogP contribution in [0.15, 0.2) is 42.5 Å². The number of benzene rings is 2. The topological polar surface area (TPSA) is 38.8 Å². The highest BCUT2D eigenvalue weighted by atomic mass is 19.4. The Bertz CT molecular complexity index is 1050. The van der Waals surface area contributed by atoms with Crippen LogP contribution in [0.2, 0.25) is 0 Å². The smallest absolute Gasteiger partial charge is 0.416 e. The summed E-state index contributed by atoms with van der Waals surface area (Å²) in [6.07, 6.45) is -9.52. The summed E-state index contributed by atoms with van der Waals surface area (Å²) in [4.78, 5) is 14.2. The number of hydrogen-bond acceptors (Lipinski definition) is 4. The standard InChI is InChI=1S/C25H24F7NO3/c1-35-23(34)16-6-7-33-12-21(22(20(33)10-16)15-2-4-19(26)5-3-15)36-13-14-8-17(24(27,28)29)11-18(9-14)25(30,31)32/h2-5,8-9,11,16,20-22H,6-7,10,12-13H2,1H3/t16?,20?,21?,22-/m0/s1. The van der Waals surface area contributed by atoms with Crippen LogP contribution in [0.4, 0.5) is 30.7 Å². The minimum Gasteiger partial charge on any atom is -0.469 e. The Morgan fingerprint density at radius 2 is 1.61 bits per heavy atom. The molecule has 2 fully saturated rings. The van der Waals surface area contributed by atoms with Crippen LogP contribution >= 0.6 is 0 Å². The fourth-order valence-electron chi connectivity index (χ4n) is 5.20. The van der Waals surface area contributed by atoms with Crippen LogP contribution in [0.3, 0.4) is 0 Å². The second-order valence-electron chi connectivity index (χ2n) is 9.15. The molecule has 0 radical (unpaired) electrons. The third kappa shape index (κ3) is 5.67. The number of methoxy groups -OCH3 is 1. The first-order valence-corrected chi connectivity index (χ1v) is 11.3. The van der Waals surface area contributed by atoms with E-state index in [9.17, 15) is 35.5 Å². The summed E-state index contributed by atoms with van der Waals surface area (Å²) in [7, 11) is 1.30. The number of hydrogen-bond donors (Lipinski definition) is 0. The van der Waals surface area contributed by atoms with E-state index in [1.807, 2.05) is 0 Å². The Balaban J connectivity index is 1.61. The fourth-order valence-corrected chi connectivity index (χ4v) is 5.20. The molecule has 3 unspecified atom stereocenters. The van der Waals surface area contributed by atoms with Gasteiger partial charge in [0.25, 0.3) is 0 Å². The van der Waals surface area contributed by atoms with E-state index in [1.54, 1.807) is 12.1 Å². The van der Waals surface area contributed by atoms with E-state index in [2.05, 4.69) is 4.90 Å². The molecule has 0 saturated carbocycles. The van der Waals surface area contributed by atoms with E-state index in [4.69, 9.17) is 9.47 Å². The van der Waals surface area contributed by atoms with Gasteiger partial charge in [0, 0.05) is 18.5 Å². The van der Waals surface area contributed by atoms with Gasteiger partial charge in [0.15, 0.2) is 0 Å². The maximum Gasteiger partial charge on any atom is 0.416 e. The van der Waals surface area contributed by atoms with Crippen molar-refractivity contribution in [2.75, 3.05) is 20.2 Å². The number of rotatable bonds is 5. The minimum absolute atomic E-state index is 0.0770. The molecule has 2 saturated heterocycles. The van der Waals surface area contributed by atoms with Crippen molar-refractivity contribution in [2.45, 2.75) is 49.9 Å². The van der Waals surface area contributed by atoms with E-state index in [-0.39, 0.29) is 35.5 Å². The lowest BCUT2D eigenvalue weighted by Gasteiger charge is -2.36. The first-order chi connectivity index (χ1) is 16.9. The Morgan fingerprint density at radius 3 is 2.17 bits per heavy atom. The number of fused-ring (bicyclic) bond motifs is 1. The average Bonchev–Trinajstić information content (AvgIpc) is 3.19. The first-order valence-electron chi connectivity index (χ1n) is 11.3. The molecule has 4 rings (SSSR count). The third-order valence-corrected chi connectivity index (χ3v) is 6.89. The molecule has 196 valence electrons. The van der Waals surface area contributed by atoms with Crippen molar-refractivity contribution in [3.8, 4) is 0 Å². The van der Waals surface area contributed by atoms with E-state index >= 15 is 0 Å². The van der Waals surface area contributed by atoms with E-state index < -0.39 is 42.0 Å². The molecule has 11 heteroatoms. The summed E-state index contributed by atoms with van der Waals surface area (Å²) in [5, 5.41) is 0. The van der Waals surface area contributed by atoms with Crippen molar-refractivity contribution in [1.29, 1.82) is 0 Å². The summed E-state index contributed by atoms with van der Waals surface area (Å²) < 4.78 is 104. The zero-order chi connectivity index (χ0) is 26.3. The van der Waals surface area contributed by atoms with Crippen LogP contribution in [0, 0.1) is 11.7 Å². The summed E-state index contributed by atoms with van der Waals surface area (Å²) in [5.74, 6) is -1.52. The van der Waals surface area contributed by atoms with Gasteiger partial charge in [0.05, 0.1) is 36.9 Å². The molecule has 2 aromatic carbocycles. The molecular formula is C25H24F7NO3. The number of halogens is 7. The summed E-state index contributed by atoms with van der Waals surface area (Å²) in [6, 6.07) is 6.89. The van der Waals surface area contributed by atoms with Gasteiger partial charge in [-0.2, -0.15) is 26.3 Å². The minimum atomic E-state index is -4.95. The molecular weight excluding hydrogens is 495 g/mol. The second kappa shape index (κ2) is 10.0. The number of alkyl halides is 6. The van der Waals surface area contributed by atoms with Crippen molar-refractivity contribution < 1.29 is 45.0 Å². The first kappa shape index (κ1) is 26.4. The molecule has 2 aromatic rings. The van der Waals surface area contributed by atoms with Crippen molar-refractivity contribution in [3.05, 3.63) is 70.5 Å². The highest BCUT2D eigenvalue weighted by molar-refractivity contribution is 5.72. The molecule has 2 aliphatic heterocycles. The van der Waals surface area contributed by atoms with Gasteiger partial charge in [-0.15, -0.1) is 0 Å². The van der Waals surface area contributed by atoms with Crippen LogP contribution in [0.25, 0.3) is 0 Å². The number of carbonyl (C=O) groups is 1. The SMILES string of the molecule is COC(=O)C1CCN2CC(OCc3cc(C(F)(F)F)cc(C(F)(F)F)c3)[C@@H](c3ccc(F)cc3)C2C1. The Morgan fingerprint density at radius 1 is 1.00 bits per heavy atom. The third-order valence-electron chi connectivity index (χ3n) is 6.89. The van der Waals surface area contributed by atoms with Crippen molar-refractivity contribution in [1.82, 2.24) is 4.90 Å². The number of carbonyl (C=O) groups excluding carboxylic acids is 1. The number of nitrogens with zero attached hydrogens (tertiary/aromatic N) is 1. The largest absolute Gasteiger partial charge is 0.469 e. The molecule has 0 bridgehead atoms. The molecule has 4 nitrogen and oxygen atoms in total. The fraction of sp³-hybridized carbons (Fsp3) is 0.480. The van der Waals surface area contributed by atoms with Gasteiger partial charge in [0.2, 0.25) is 0 Å². The number of ether oxygens (including phenoxy) is 2. The second-order valence-corrected chi connectivity index (χ2v) is 9.15. The predicted octanol–water partition coefficient (Wildman–Crippen LogP) is 5.80. The highest BCUT2D eigenvalue weighted by Crippen LogP contribution is 2.43. The molecule has 4 atom stereocenters. The van der Waals surface area contributed by atoms with Crippen LogP contribution in [-0.2, 0) is 33.2 Å². The van der Waals surface area contributed by atoms with Crippen molar-refractivity contribution in [3.63, 3.8) is 0 Å². The Kier molecular flexibility index (Phi) is 7.34. The average molecular weight is 519 g/mol. The zero-order valence-corrected chi connectivity index (χ0v) is 19.2. The van der Waals surface area contributed by atoms with Crippen molar-refractivity contribution in [2.24, 2.45) is 5.92 Å². The van der Waals surface area contributed by atoms with Crippen LogP contribution < -0.4 is 0 Å².